The first kappa shape index (κ1) is 23.0. The zero-order valence-corrected chi connectivity index (χ0v) is 19.6. The van der Waals surface area contributed by atoms with Gasteiger partial charge in [-0.2, -0.15) is 5.10 Å². The summed E-state index contributed by atoms with van der Waals surface area (Å²) >= 11 is 0. The van der Waals surface area contributed by atoms with E-state index in [0.717, 1.165) is 0 Å². The van der Waals surface area contributed by atoms with Crippen LogP contribution >= 0.6 is 7.60 Å². The number of methoxy groups -OCH3 is 3. The van der Waals surface area contributed by atoms with Crippen molar-refractivity contribution in [3.63, 3.8) is 0 Å². The molecule has 33 heavy (non-hydrogen) atoms. The number of nitrogens with zero attached hydrogens (tertiary/aromatic N) is 1. The van der Waals surface area contributed by atoms with Gasteiger partial charge in [0.05, 0.1) is 27.2 Å². The average molecular weight is 474 g/mol. The minimum atomic E-state index is -3.97. The molecule has 1 N–H and O–H groups in total. The zero-order chi connectivity index (χ0) is 24.0. The molecule has 11 heteroatoms. The fourth-order valence-electron chi connectivity index (χ4n) is 4.39. The Labute approximate surface area is 190 Å². The molecule has 2 aromatic rings. The first-order valence-corrected chi connectivity index (χ1v) is 11.4. The third kappa shape index (κ3) is 3.09. The Kier molecular flexibility index (Phi) is 5.78. The van der Waals surface area contributed by atoms with Crippen molar-refractivity contribution in [2.45, 2.75) is 11.5 Å². The number of benzene rings is 2. The van der Waals surface area contributed by atoms with Gasteiger partial charge in [0.15, 0.2) is 34.1 Å². The van der Waals surface area contributed by atoms with E-state index >= 15 is 0 Å². The first-order chi connectivity index (χ1) is 15.8. The lowest BCUT2D eigenvalue weighted by atomic mass is 9.77. The highest BCUT2D eigenvalue weighted by atomic mass is 31.2. The van der Waals surface area contributed by atoms with Crippen LogP contribution in [-0.2, 0) is 13.6 Å². The van der Waals surface area contributed by atoms with Crippen molar-refractivity contribution in [3.8, 4) is 17.2 Å². The first-order valence-electron chi connectivity index (χ1n) is 9.88. The molecule has 0 saturated carbocycles. The molecule has 1 unspecified atom stereocenters. The smallest absolute Gasteiger partial charge is 0.377 e. The summed E-state index contributed by atoms with van der Waals surface area (Å²) in [7, 11) is 2.77. The van der Waals surface area contributed by atoms with Crippen molar-refractivity contribution in [1.29, 1.82) is 0 Å². The van der Waals surface area contributed by atoms with Gasteiger partial charge in [0.1, 0.15) is 0 Å². The fraction of sp³-hybridized carbons (Fsp3) is 0.318. The Balaban J connectivity index is 2.00. The second-order valence-electron chi connectivity index (χ2n) is 7.35. The van der Waals surface area contributed by atoms with Gasteiger partial charge in [0, 0.05) is 25.3 Å². The maximum atomic E-state index is 13.7. The van der Waals surface area contributed by atoms with E-state index in [1.54, 1.807) is 36.4 Å². The minimum Gasteiger partial charge on any atom is -0.493 e. The number of carbonyl (C=O) groups is 2. The van der Waals surface area contributed by atoms with Crippen LogP contribution in [-0.4, -0.2) is 58.1 Å². The highest BCUT2D eigenvalue weighted by molar-refractivity contribution is 7.72. The molecular weight excluding hydrogens is 451 g/mol. The van der Waals surface area contributed by atoms with Gasteiger partial charge in [-0.05, 0) is 17.7 Å². The summed E-state index contributed by atoms with van der Waals surface area (Å²) in [6.07, 6.45) is 0. The van der Waals surface area contributed by atoms with Crippen LogP contribution in [0.2, 0.25) is 0 Å². The molecule has 0 fully saturated rings. The van der Waals surface area contributed by atoms with Gasteiger partial charge in [-0.1, -0.05) is 24.3 Å². The van der Waals surface area contributed by atoms with Gasteiger partial charge in [-0.25, -0.2) is 0 Å². The van der Waals surface area contributed by atoms with Gasteiger partial charge >= 0.3 is 7.60 Å². The lowest BCUT2D eigenvalue weighted by Crippen LogP contribution is -2.54. The fourth-order valence-corrected chi connectivity index (χ4v) is 5.74. The number of nitrogens with one attached hydrogen (secondary N) is 1. The van der Waals surface area contributed by atoms with Crippen molar-refractivity contribution in [3.05, 3.63) is 53.1 Å². The summed E-state index contributed by atoms with van der Waals surface area (Å²) in [6.45, 7) is 0. The predicted molar refractivity (Wildman–Crippen MR) is 119 cm³/mol. The number of hydrazone groups is 1. The summed E-state index contributed by atoms with van der Waals surface area (Å²) in [5, 5.41) is 4.18. The third-order valence-electron chi connectivity index (χ3n) is 5.95. The Morgan fingerprint density at radius 1 is 0.879 bits per heavy atom. The van der Waals surface area contributed by atoms with E-state index in [-0.39, 0.29) is 28.1 Å². The van der Waals surface area contributed by atoms with E-state index in [1.807, 2.05) is 0 Å². The monoisotopic (exact) mass is 474 g/mol. The SMILES string of the molecule is COc1cc(C2C(P(=O)(OC)OC)=NNC23C(=O)c2ccccc2C3=O)cc(OC)c1OC. The van der Waals surface area contributed by atoms with Crippen molar-refractivity contribution in [2.75, 3.05) is 35.5 Å². The molecule has 1 aliphatic heterocycles. The molecule has 0 radical (unpaired) electrons. The standard InChI is InChI=1S/C22H23N2O8P/c1-28-15-10-12(11-16(29-2)18(15)30-3)17-21(33(27,31-4)32-5)23-24-22(17)19(25)13-8-6-7-9-14(13)20(22)26/h6-11,17,24H,1-5H3. The number of rotatable bonds is 7. The Bertz CT molecular complexity index is 1160. The van der Waals surface area contributed by atoms with Crippen LogP contribution in [0.5, 0.6) is 17.2 Å². The average Bonchev–Trinajstić information content (AvgIpc) is 3.36. The van der Waals surface area contributed by atoms with Crippen LogP contribution in [0.15, 0.2) is 41.5 Å². The quantitative estimate of drug-likeness (QED) is 0.477. The number of hydrogen-bond donors (Lipinski definition) is 1. The van der Waals surface area contributed by atoms with Crippen LogP contribution in [0.4, 0.5) is 0 Å². The number of carbonyl (C=O) groups excluding carboxylic acids is 2. The molecule has 2 aromatic carbocycles. The molecule has 1 heterocycles. The molecule has 1 atom stereocenters. The number of Topliss-reactive ketones (excluding diaryl/α,β-unsaturated/α-hetero) is 2. The number of hydrogen-bond acceptors (Lipinski definition) is 10. The van der Waals surface area contributed by atoms with Crippen molar-refractivity contribution < 1.29 is 37.4 Å². The van der Waals surface area contributed by atoms with E-state index in [9.17, 15) is 14.2 Å². The second kappa shape index (κ2) is 8.30. The number of ketones is 2. The lowest BCUT2D eigenvalue weighted by molar-refractivity contribution is 0.0761. The molecule has 0 amide bonds. The molecule has 1 spiro atoms. The molecule has 0 saturated heterocycles. The van der Waals surface area contributed by atoms with Gasteiger partial charge in [0.25, 0.3) is 0 Å². The summed E-state index contributed by atoms with van der Waals surface area (Å²) in [5.41, 5.74) is 1.57. The largest absolute Gasteiger partial charge is 0.493 e. The van der Waals surface area contributed by atoms with Gasteiger partial charge in [-0.15, -0.1) is 0 Å². The summed E-state index contributed by atoms with van der Waals surface area (Å²) < 4.78 is 40.1. The zero-order valence-electron chi connectivity index (χ0n) is 18.7. The Hall–Kier alpha value is -3.20. The summed E-state index contributed by atoms with van der Waals surface area (Å²) in [6, 6.07) is 9.64. The lowest BCUT2D eigenvalue weighted by Gasteiger charge is -2.30. The van der Waals surface area contributed by atoms with E-state index < -0.39 is 30.6 Å². The van der Waals surface area contributed by atoms with Gasteiger partial charge in [0.2, 0.25) is 5.75 Å². The van der Waals surface area contributed by atoms with E-state index in [1.165, 1.54) is 35.5 Å². The summed E-state index contributed by atoms with van der Waals surface area (Å²) in [4.78, 5) is 27.4. The van der Waals surface area contributed by atoms with Crippen molar-refractivity contribution in [2.24, 2.45) is 5.10 Å². The highest BCUT2D eigenvalue weighted by Crippen LogP contribution is 2.59. The molecule has 0 aromatic heterocycles. The predicted octanol–water partition coefficient (Wildman–Crippen LogP) is 3.02. The van der Waals surface area contributed by atoms with Crippen molar-refractivity contribution >= 4 is 24.6 Å². The molecule has 4 rings (SSSR count). The summed E-state index contributed by atoms with van der Waals surface area (Å²) in [5.74, 6) is -1.26. The van der Waals surface area contributed by atoms with Gasteiger partial charge < -0.3 is 23.3 Å². The minimum absolute atomic E-state index is 0.115. The van der Waals surface area contributed by atoms with Crippen LogP contribution in [0.3, 0.4) is 0 Å². The normalized spacial score (nSPS) is 18.7. The maximum Gasteiger partial charge on any atom is 0.377 e. The highest BCUT2D eigenvalue weighted by Gasteiger charge is 2.65. The van der Waals surface area contributed by atoms with Crippen LogP contribution in [0.25, 0.3) is 0 Å². The second-order valence-corrected chi connectivity index (χ2v) is 9.53. The number of fused-ring (bicyclic) bond motifs is 1. The topological polar surface area (TPSA) is 122 Å². The molecule has 1 aliphatic carbocycles. The van der Waals surface area contributed by atoms with Gasteiger partial charge in [-0.3, -0.25) is 19.6 Å². The molecular formula is C22H23N2O8P. The third-order valence-corrected chi connectivity index (χ3v) is 7.83. The molecule has 174 valence electrons. The molecule has 2 aliphatic rings. The molecule has 10 nitrogen and oxygen atoms in total. The van der Waals surface area contributed by atoms with Crippen LogP contribution < -0.4 is 19.6 Å². The maximum absolute atomic E-state index is 13.7. The number of ether oxygens (including phenoxy) is 3. The Morgan fingerprint density at radius 2 is 1.39 bits per heavy atom. The van der Waals surface area contributed by atoms with E-state index in [0.29, 0.717) is 11.3 Å². The van der Waals surface area contributed by atoms with Crippen molar-refractivity contribution in [1.82, 2.24) is 5.43 Å². The van der Waals surface area contributed by atoms with Crippen LogP contribution in [0, 0.1) is 0 Å². The molecule has 0 bridgehead atoms. The van der Waals surface area contributed by atoms with E-state index in [2.05, 4.69) is 10.5 Å². The van der Waals surface area contributed by atoms with Crippen LogP contribution in [0.1, 0.15) is 32.2 Å². The Morgan fingerprint density at radius 3 is 1.82 bits per heavy atom. The van der Waals surface area contributed by atoms with E-state index in [4.69, 9.17) is 23.3 Å².